The second-order valence-corrected chi connectivity index (χ2v) is 8.88. The molecule has 0 aliphatic heterocycles. The molecule has 1 aromatic rings. The van der Waals surface area contributed by atoms with E-state index in [1.807, 2.05) is 13.8 Å². The summed E-state index contributed by atoms with van der Waals surface area (Å²) in [7, 11) is -4.05. The highest BCUT2D eigenvalue weighted by molar-refractivity contribution is 7.89. The molecule has 0 bridgehead atoms. The highest BCUT2D eigenvalue weighted by Gasteiger charge is 2.25. The standard InChI is InChI=1S/C16H26FN3O3S.ClH/c1-10(2)8-13(18)15(21)19-11-6-7-12(17)14(9-11)24(22,23)20-16(3,4)5;/h6-7,9-10,13,20H,8,18H2,1-5H3,(H,19,21);1H/t13-;/m0./s1. The second-order valence-electron chi connectivity index (χ2n) is 7.23. The summed E-state index contributed by atoms with van der Waals surface area (Å²) in [5.41, 5.74) is 5.20. The topological polar surface area (TPSA) is 101 Å². The van der Waals surface area contributed by atoms with Crippen molar-refractivity contribution in [2.75, 3.05) is 5.32 Å². The number of nitrogens with one attached hydrogen (secondary N) is 2. The summed E-state index contributed by atoms with van der Waals surface area (Å²) >= 11 is 0. The van der Waals surface area contributed by atoms with Crippen LogP contribution in [0.5, 0.6) is 0 Å². The van der Waals surface area contributed by atoms with E-state index >= 15 is 0 Å². The van der Waals surface area contributed by atoms with Gasteiger partial charge in [0.25, 0.3) is 0 Å². The number of rotatable bonds is 6. The van der Waals surface area contributed by atoms with Gasteiger partial charge in [0, 0.05) is 11.2 Å². The molecule has 0 spiro atoms. The lowest BCUT2D eigenvalue weighted by molar-refractivity contribution is -0.117. The van der Waals surface area contributed by atoms with Gasteiger partial charge in [-0.25, -0.2) is 17.5 Å². The van der Waals surface area contributed by atoms with Crippen LogP contribution in [0.3, 0.4) is 0 Å². The van der Waals surface area contributed by atoms with E-state index in [2.05, 4.69) is 10.0 Å². The van der Waals surface area contributed by atoms with Crippen LogP contribution in [0.1, 0.15) is 41.0 Å². The Morgan fingerprint density at radius 1 is 1.28 bits per heavy atom. The molecule has 6 nitrogen and oxygen atoms in total. The smallest absolute Gasteiger partial charge is 0.244 e. The molecule has 0 saturated carbocycles. The number of benzene rings is 1. The van der Waals surface area contributed by atoms with E-state index in [0.29, 0.717) is 6.42 Å². The number of carbonyl (C=O) groups excluding carboxylic acids is 1. The van der Waals surface area contributed by atoms with Crippen LogP contribution in [0.25, 0.3) is 0 Å². The van der Waals surface area contributed by atoms with E-state index in [1.54, 1.807) is 20.8 Å². The van der Waals surface area contributed by atoms with Crippen LogP contribution < -0.4 is 15.8 Å². The molecule has 0 heterocycles. The van der Waals surface area contributed by atoms with E-state index in [9.17, 15) is 17.6 Å². The van der Waals surface area contributed by atoms with Crippen molar-refractivity contribution in [2.24, 2.45) is 11.7 Å². The Bertz CT molecular complexity index is 703. The minimum atomic E-state index is -4.05. The zero-order chi connectivity index (χ0) is 18.7. The van der Waals surface area contributed by atoms with Gasteiger partial charge in [0.2, 0.25) is 15.9 Å². The van der Waals surface area contributed by atoms with Crippen LogP contribution in [0.2, 0.25) is 0 Å². The molecule has 25 heavy (non-hydrogen) atoms. The molecule has 0 aliphatic carbocycles. The minimum absolute atomic E-state index is 0. The third-order valence-corrected chi connectivity index (χ3v) is 4.76. The monoisotopic (exact) mass is 395 g/mol. The van der Waals surface area contributed by atoms with Crippen molar-refractivity contribution in [1.82, 2.24) is 4.72 Å². The molecule has 0 aromatic heterocycles. The van der Waals surface area contributed by atoms with Gasteiger partial charge in [0.15, 0.2) is 0 Å². The number of hydrogen-bond donors (Lipinski definition) is 3. The summed E-state index contributed by atoms with van der Waals surface area (Å²) < 4.78 is 40.9. The first kappa shape index (κ1) is 23.8. The predicted molar refractivity (Wildman–Crippen MR) is 99.8 cm³/mol. The van der Waals surface area contributed by atoms with Crippen molar-refractivity contribution < 1.29 is 17.6 Å². The van der Waals surface area contributed by atoms with E-state index < -0.39 is 38.2 Å². The summed E-state index contributed by atoms with van der Waals surface area (Å²) in [6.45, 7) is 8.83. The van der Waals surface area contributed by atoms with Gasteiger partial charge in [0.05, 0.1) is 6.04 Å². The molecular formula is C16H27ClFN3O3S. The molecule has 0 aliphatic rings. The van der Waals surface area contributed by atoms with E-state index in [4.69, 9.17) is 5.73 Å². The zero-order valence-electron chi connectivity index (χ0n) is 15.1. The maximum absolute atomic E-state index is 14.0. The Kier molecular flexibility index (Phi) is 8.50. The van der Waals surface area contributed by atoms with Gasteiger partial charge in [-0.2, -0.15) is 0 Å². The number of hydrogen-bond acceptors (Lipinski definition) is 4. The lowest BCUT2D eigenvalue weighted by atomic mass is 10.0. The molecule has 144 valence electrons. The SMILES string of the molecule is CC(C)C[C@H](N)C(=O)Nc1ccc(F)c(S(=O)(=O)NC(C)(C)C)c1.Cl. The fourth-order valence-electron chi connectivity index (χ4n) is 2.09. The third-order valence-electron chi connectivity index (χ3n) is 2.99. The lowest BCUT2D eigenvalue weighted by Crippen LogP contribution is -2.41. The largest absolute Gasteiger partial charge is 0.325 e. The first-order valence-corrected chi connectivity index (χ1v) is 9.20. The molecule has 0 unspecified atom stereocenters. The Morgan fingerprint density at radius 2 is 1.84 bits per heavy atom. The fourth-order valence-corrected chi connectivity index (χ4v) is 3.62. The number of amides is 1. The van der Waals surface area contributed by atoms with Crippen molar-refractivity contribution >= 4 is 34.0 Å². The van der Waals surface area contributed by atoms with Crippen molar-refractivity contribution in [2.45, 2.75) is 57.5 Å². The Hall–Kier alpha value is -1.22. The molecule has 1 amide bonds. The van der Waals surface area contributed by atoms with Crippen LogP contribution in [-0.2, 0) is 14.8 Å². The number of anilines is 1. The van der Waals surface area contributed by atoms with Crippen molar-refractivity contribution in [1.29, 1.82) is 0 Å². The molecular weight excluding hydrogens is 369 g/mol. The number of sulfonamides is 1. The number of nitrogens with two attached hydrogens (primary N) is 1. The van der Waals surface area contributed by atoms with Gasteiger partial charge in [-0.1, -0.05) is 13.8 Å². The van der Waals surface area contributed by atoms with Crippen LogP contribution in [0.4, 0.5) is 10.1 Å². The molecule has 0 saturated heterocycles. The summed E-state index contributed by atoms with van der Waals surface area (Å²) in [4.78, 5) is 11.5. The number of halogens is 2. The highest BCUT2D eigenvalue weighted by Crippen LogP contribution is 2.21. The first-order valence-electron chi connectivity index (χ1n) is 7.72. The van der Waals surface area contributed by atoms with Gasteiger partial charge in [-0.3, -0.25) is 4.79 Å². The molecule has 0 radical (unpaired) electrons. The molecule has 1 atom stereocenters. The fraction of sp³-hybridized carbons (Fsp3) is 0.562. The van der Waals surface area contributed by atoms with Gasteiger partial charge < -0.3 is 11.1 Å². The maximum Gasteiger partial charge on any atom is 0.244 e. The second kappa shape index (κ2) is 8.93. The van der Waals surface area contributed by atoms with Gasteiger partial charge >= 0.3 is 0 Å². The van der Waals surface area contributed by atoms with Crippen LogP contribution in [-0.4, -0.2) is 25.9 Å². The van der Waals surface area contributed by atoms with Crippen molar-refractivity contribution in [3.8, 4) is 0 Å². The van der Waals surface area contributed by atoms with Gasteiger partial charge in [-0.15, -0.1) is 12.4 Å². The Morgan fingerprint density at radius 3 is 2.32 bits per heavy atom. The van der Waals surface area contributed by atoms with Crippen molar-refractivity contribution in [3.63, 3.8) is 0 Å². The first-order chi connectivity index (χ1) is 10.8. The summed E-state index contributed by atoms with van der Waals surface area (Å²) in [6, 6.07) is 2.66. The molecule has 1 aromatic carbocycles. The molecule has 4 N–H and O–H groups in total. The highest BCUT2D eigenvalue weighted by atomic mass is 35.5. The maximum atomic E-state index is 14.0. The summed E-state index contributed by atoms with van der Waals surface area (Å²) in [5.74, 6) is -1.09. The minimum Gasteiger partial charge on any atom is -0.325 e. The van der Waals surface area contributed by atoms with Crippen LogP contribution >= 0.6 is 12.4 Å². The number of carbonyl (C=O) groups is 1. The average molecular weight is 396 g/mol. The third kappa shape index (κ3) is 7.68. The molecule has 9 heteroatoms. The van der Waals surface area contributed by atoms with Gasteiger partial charge in [-0.05, 0) is 51.3 Å². The van der Waals surface area contributed by atoms with Crippen LogP contribution in [0.15, 0.2) is 23.1 Å². The molecule has 0 fully saturated rings. The Balaban J connectivity index is 0.00000576. The van der Waals surface area contributed by atoms with Crippen molar-refractivity contribution in [3.05, 3.63) is 24.0 Å². The zero-order valence-corrected chi connectivity index (χ0v) is 16.7. The van der Waals surface area contributed by atoms with Crippen LogP contribution in [0, 0.1) is 11.7 Å². The van der Waals surface area contributed by atoms with E-state index in [-0.39, 0.29) is 24.0 Å². The Labute approximate surface area is 155 Å². The van der Waals surface area contributed by atoms with E-state index in [0.717, 1.165) is 12.1 Å². The summed E-state index contributed by atoms with van der Waals surface area (Å²) in [6.07, 6.45) is 0.490. The normalized spacial score (nSPS) is 13.3. The predicted octanol–water partition coefficient (Wildman–Crippen LogP) is 2.64. The van der Waals surface area contributed by atoms with E-state index in [1.165, 1.54) is 6.07 Å². The molecule has 1 rings (SSSR count). The van der Waals surface area contributed by atoms with Gasteiger partial charge in [0.1, 0.15) is 10.7 Å². The quantitative estimate of drug-likeness (QED) is 0.689. The lowest BCUT2D eigenvalue weighted by Gasteiger charge is -2.21. The average Bonchev–Trinajstić information content (AvgIpc) is 2.37. The summed E-state index contributed by atoms with van der Waals surface area (Å²) in [5, 5.41) is 2.53.